The number of hydrogen-bond acceptors (Lipinski definition) is 4. The number of phenols is 1. The predicted octanol–water partition coefficient (Wildman–Crippen LogP) is 0.651. The third-order valence-electron chi connectivity index (χ3n) is 2.96. The Bertz CT molecular complexity index is 464. The van der Waals surface area contributed by atoms with Crippen LogP contribution in [0.15, 0.2) is 24.3 Å². The number of benzene rings is 1. The van der Waals surface area contributed by atoms with E-state index in [0.717, 1.165) is 10.5 Å². The van der Waals surface area contributed by atoms with Crippen LogP contribution in [0.1, 0.15) is 18.4 Å². The third-order valence-corrected chi connectivity index (χ3v) is 2.96. The Labute approximate surface area is 104 Å². The Morgan fingerprint density at radius 1 is 1.17 bits per heavy atom. The molecular formula is C13H13NO4. The number of phenolic OH excluding ortho intramolecular Hbond substituents is 1. The molecule has 0 radical (unpaired) electrons. The molecular weight excluding hydrogens is 234 g/mol. The van der Waals surface area contributed by atoms with Crippen LogP contribution < -0.4 is 0 Å². The van der Waals surface area contributed by atoms with Crippen molar-refractivity contribution in [2.24, 2.45) is 0 Å². The Kier molecular flexibility index (Phi) is 3.41. The van der Waals surface area contributed by atoms with E-state index in [-0.39, 0.29) is 36.8 Å². The summed E-state index contributed by atoms with van der Waals surface area (Å²) in [5.41, 5.74) is 0.789. The molecule has 1 N–H and O–H groups in total. The van der Waals surface area contributed by atoms with Gasteiger partial charge >= 0.3 is 0 Å². The van der Waals surface area contributed by atoms with E-state index in [2.05, 4.69) is 0 Å². The molecule has 1 aliphatic rings. The molecule has 0 aromatic heterocycles. The molecule has 2 rings (SSSR count). The lowest BCUT2D eigenvalue weighted by Crippen LogP contribution is -2.41. The molecule has 1 fully saturated rings. The lowest BCUT2D eigenvalue weighted by molar-refractivity contribution is -0.143. The Morgan fingerprint density at radius 2 is 1.72 bits per heavy atom. The number of carbonyl (C=O) groups is 3. The summed E-state index contributed by atoms with van der Waals surface area (Å²) in [5, 5.41) is 9.16. The summed E-state index contributed by atoms with van der Waals surface area (Å²) in [7, 11) is 0. The normalized spacial score (nSPS) is 17.0. The quantitative estimate of drug-likeness (QED) is 0.626. The van der Waals surface area contributed by atoms with Crippen LogP contribution in [0.5, 0.6) is 5.75 Å². The minimum absolute atomic E-state index is 0.134. The van der Waals surface area contributed by atoms with E-state index < -0.39 is 6.04 Å². The first kappa shape index (κ1) is 12.3. The molecule has 94 valence electrons. The van der Waals surface area contributed by atoms with Gasteiger partial charge in [-0.3, -0.25) is 14.5 Å². The second-order valence-corrected chi connectivity index (χ2v) is 4.23. The second kappa shape index (κ2) is 5.00. The van der Waals surface area contributed by atoms with Gasteiger partial charge in [0.15, 0.2) is 0 Å². The van der Waals surface area contributed by atoms with Gasteiger partial charge in [0.25, 0.3) is 0 Å². The number of nitrogens with zero attached hydrogens (tertiary/aromatic N) is 1. The lowest BCUT2D eigenvalue weighted by atomic mass is 10.1. The van der Waals surface area contributed by atoms with Crippen molar-refractivity contribution in [3.05, 3.63) is 29.8 Å². The average molecular weight is 247 g/mol. The van der Waals surface area contributed by atoms with Gasteiger partial charge in [-0.15, -0.1) is 0 Å². The van der Waals surface area contributed by atoms with E-state index in [9.17, 15) is 14.4 Å². The standard InChI is InChI=1S/C13H13NO4/c15-8-10(14-12(17)5-6-13(14)18)7-9-1-3-11(16)4-2-9/h1-4,8,10,16H,5-7H2. The van der Waals surface area contributed by atoms with Crippen molar-refractivity contribution in [1.82, 2.24) is 4.90 Å². The van der Waals surface area contributed by atoms with Crippen LogP contribution >= 0.6 is 0 Å². The molecule has 1 atom stereocenters. The number of carbonyl (C=O) groups excluding carboxylic acids is 3. The van der Waals surface area contributed by atoms with Crippen molar-refractivity contribution in [3.63, 3.8) is 0 Å². The van der Waals surface area contributed by atoms with Crippen molar-refractivity contribution in [2.45, 2.75) is 25.3 Å². The maximum absolute atomic E-state index is 11.5. The van der Waals surface area contributed by atoms with E-state index >= 15 is 0 Å². The zero-order valence-corrected chi connectivity index (χ0v) is 9.70. The van der Waals surface area contributed by atoms with Crippen LogP contribution in [0.25, 0.3) is 0 Å². The highest BCUT2D eigenvalue weighted by Gasteiger charge is 2.34. The molecule has 0 spiro atoms. The summed E-state index contributed by atoms with van der Waals surface area (Å²) in [6, 6.07) is 5.58. The van der Waals surface area contributed by atoms with Crippen LogP contribution in [0, 0.1) is 0 Å². The molecule has 1 unspecified atom stereocenters. The summed E-state index contributed by atoms with van der Waals surface area (Å²) in [6.07, 6.45) is 1.26. The zero-order chi connectivity index (χ0) is 13.1. The monoisotopic (exact) mass is 247 g/mol. The van der Waals surface area contributed by atoms with Crippen molar-refractivity contribution in [2.75, 3.05) is 0 Å². The van der Waals surface area contributed by atoms with Gasteiger partial charge in [-0.2, -0.15) is 0 Å². The van der Waals surface area contributed by atoms with Gasteiger partial charge in [-0.05, 0) is 17.7 Å². The van der Waals surface area contributed by atoms with Gasteiger partial charge < -0.3 is 9.90 Å². The van der Waals surface area contributed by atoms with Crippen LogP contribution in [-0.4, -0.2) is 34.1 Å². The molecule has 2 amide bonds. The van der Waals surface area contributed by atoms with Gasteiger partial charge in [-0.1, -0.05) is 12.1 Å². The van der Waals surface area contributed by atoms with Gasteiger partial charge in [-0.25, -0.2) is 0 Å². The zero-order valence-electron chi connectivity index (χ0n) is 9.70. The minimum atomic E-state index is -0.753. The molecule has 5 nitrogen and oxygen atoms in total. The molecule has 1 aliphatic heterocycles. The molecule has 5 heteroatoms. The number of aromatic hydroxyl groups is 1. The SMILES string of the molecule is O=CC(Cc1ccc(O)cc1)N1C(=O)CCC1=O. The van der Waals surface area contributed by atoms with E-state index in [0.29, 0.717) is 6.29 Å². The van der Waals surface area contributed by atoms with E-state index in [4.69, 9.17) is 5.11 Å². The highest BCUT2D eigenvalue weighted by Crippen LogP contribution is 2.18. The number of likely N-dealkylation sites (tertiary alicyclic amines) is 1. The number of rotatable bonds is 4. The fourth-order valence-electron chi connectivity index (χ4n) is 2.04. The molecule has 0 bridgehead atoms. The lowest BCUT2D eigenvalue weighted by Gasteiger charge is -2.21. The number of hydrogen-bond donors (Lipinski definition) is 1. The summed E-state index contributed by atoms with van der Waals surface area (Å²) < 4.78 is 0. The smallest absolute Gasteiger partial charge is 0.230 e. The van der Waals surface area contributed by atoms with Crippen LogP contribution in [-0.2, 0) is 20.8 Å². The van der Waals surface area contributed by atoms with Gasteiger partial charge in [0.1, 0.15) is 12.0 Å². The molecule has 1 aromatic rings. The molecule has 18 heavy (non-hydrogen) atoms. The van der Waals surface area contributed by atoms with Crippen molar-refractivity contribution in [3.8, 4) is 5.75 Å². The molecule has 0 aliphatic carbocycles. The molecule has 0 saturated carbocycles. The Hall–Kier alpha value is -2.17. The fraction of sp³-hybridized carbons (Fsp3) is 0.308. The largest absolute Gasteiger partial charge is 0.508 e. The van der Waals surface area contributed by atoms with Crippen molar-refractivity contribution in [1.29, 1.82) is 0 Å². The Morgan fingerprint density at radius 3 is 2.22 bits per heavy atom. The van der Waals surface area contributed by atoms with Crippen LogP contribution in [0.3, 0.4) is 0 Å². The van der Waals surface area contributed by atoms with Crippen molar-refractivity contribution < 1.29 is 19.5 Å². The van der Waals surface area contributed by atoms with E-state index in [1.807, 2.05) is 0 Å². The molecule has 1 saturated heterocycles. The fourth-order valence-corrected chi connectivity index (χ4v) is 2.04. The highest BCUT2D eigenvalue weighted by atomic mass is 16.3. The second-order valence-electron chi connectivity index (χ2n) is 4.23. The summed E-state index contributed by atoms with van der Waals surface area (Å²) >= 11 is 0. The Balaban J connectivity index is 2.14. The maximum Gasteiger partial charge on any atom is 0.230 e. The summed E-state index contributed by atoms with van der Waals surface area (Å²) in [5.74, 6) is -0.457. The van der Waals surface area contributed by atoms with E-state index in [1.165, 1.54) is 12.1 Å². The minimum Gasteiger partial charge on any atom is -0.508 e. The van der Waals surface area contributed by atoms with Crippen LogP contribution in [0.2, 0.25) is 0 Å². The number of amides is 2. The van der Waals surface area contributed by atoms with Gasteiger partial charge in [0.2, 0.25) is 11.8 Å². The van der Waals surface area contributed by atoms with E-state index in [1.54, 1.807) is 12.1 Å². The average Bonchev–Trinajstić information content (AvgIpc) is 2.69. The highest BCUT2D eigenvalue weighted by molar-refractivity contribution is 6.03. The number of imide groups is 1. The summed E-state index contributed by atoms with van der Waals surface area (Å²) in [4.78, 5) is 35.2. The third kappa shape index (κ3) is 2.40. The molecule has 1 aromatic carbocycles. The van der Waals surface area contributed by atoms with Crippen LogP contribution in [0.4, 0.5) is 0 Å². The predicted molar refractivity (Wildman–Crippen MR) is 62.7 cm³/mol. The molecule has 1 heterocycles. The van der Waals surface area contributed by atoms with Gasteiger partial charge in [0, 0.05) is 19.3 Å². The first-order valence-electron chi connectivity index (χ1n) is 5.70. The summed E-state index contributed by atoms with van der Waals surface area (Å²) in [6.45, 7) is 0. The first-order valence-corrected chi connectivity index (χ1v) is 5.70. The van der Waals surface area contributed by atoms with Gasteiger partial charge in [0.05, 0.1) is 6.04 Å². The first-order chi connectivity index (χ1) is 8.61. The maximum atomic E-state index is 11.5. The van der Waals surface area contributed by atoms with Crippen molar-refractivity contribution >= 4 is 18.1 Å². The number of aldehydes is 1. The topological polar surface area (TPSA) is 74.7 Å².